The van der Waals surface area contributed by atoms with Crippen molar-refractivity contribution in [2.45, 2.75) is 33.1 Å². The smallest absolute Gasteiger partial charge is 0.308 e. The Bertz CT molecular complexity index is 136. The molecule has 64 valence electrons. The minimum atomic E-state index is -0.0642. The predicted molar refractivity (Wildman–Crippen MR) is 43.1 cm³/mol. The molecule has 1 aliphatic rings. The lowest BCUT2D eigenvalue weighted by atomic mass is 10.2. The first-order chi connectivity index (χ1) is 5.20. The predicted octanol–water partition coefficient (Wildman–Crippen LogP) is 1.99. The summed E-state index contributed by atoms with van der Waals surface area (Å²) in [6.45, 7) is 4.35. The molecular formula is C9H16O2. The Balaban J connectivity index is 1.96. The van der Waals surface area contributed by atoms with E-state index in [9.17, 15) is 4.79 Å². The van der Waals surface area contributed by atoms with Crippen molar-refractivity contribution in [1.82, 2.24) is 0 Å². The van der Waals surface area contributed by atoms with Crippen LogP contribution in [0.1, 0.15) is 33.1 Å². The van der Waals surface area contributed by atoms with Crippen molar-refractivity contribution in [3.05, 3.63) is 0 Å². The molecule has 0 radical (unpaired) electrons. The number of esters is 1. The second kappa shape index (κ2) is 3.74. The quantitative estimate of drug-likeness (QED) is 0.582. The van der Waals surface area contributed by atoms with Gasteiger partial charge in [-0.2, -0.15) is 0 Å². The summed E-state index contributed by atoms with van der Waals surface area (Å²) in [6.07, 6.45) is 3.73. The summed E-state index contributed by atoms with van der Waals surface area (Å²) in [5.41, 5.74) is 0. The van der Waals surface area contributed by atoms with Crippen molar-refractivity contribution >= 4 is 5.97 Å². The van der Waals surface area contributed by atoms with E-state index in [4.69, 9.17) is 4.74 Å². The van der Waals surface area contributed by atoms with E-state index >= 15 is 0 Å². The molecule has 0 bridgehead atoms. The normalized spacial score (nSPS) is 17.0. The molecule has 1 fully saturated rings. The van der Waals surface area contributed by atoms with Crippen molar-refractivity contribution in [3.63, 3.8) is 0 Å². The fraction of sp³-hybridized carbons (Fsp3) is 0.889. The zero-order chi connectivity index (χ0) is 8.27. The van der Waals surface area contributed by atoms with E-state index in [0.29, 0.717) is 6.61 Å². The fourth-order valence-electron chi connectivity index (χ4n) is 0.899. The Morgan fingerprint density at radius 3 is 2.64 bits per heavy atom. The molecule has 0 aliphatic heterocycles. The summed E-state index contributed by atoms with van der Waals surface area (Å²) in [7, 11) is 0. The standard InChI is InChI=1S/C9H16O2/c1-7(2)9(10)11-6-5-8-3-4-8/h7-8H,3-6H2,1-2H3. The van der Waals surface area contributed by atoms with Gasteiger partial charge in [-0.05, 0) is 12.3 Å². The highest BCUT2D eigenvalue weighted by atomic mass is 16.5. The minimum Gasteiger partial charge on any atom is -0.465 e. The molecule has 0 spiro atoms. The van der Waals surface area contributed by atoms with Gasteiger partial charge in [0.05, 0.1) is 12.5 Å². The Morgan fingerprint density at radius 1 is 1.55 bits per heavy atom. The molecule has 0 aromatic heterocycles. The van der Waals surface area contributed by atoms with Crippen molar-refractivity contribution in [1.29, 1.82) is 0 Å². The lowest BCUT2D eigenvalue weighted by Crippen LogP contribution is -2.12. The van der Waals surface area contributed by atoms with E-state index in [2.05, 4.69) is 0 Å². The number of rotatable bonds is 4. The topological polar surface area (TPSA) is 26.3 Å². The molecule has 1 aliphatic carbocycles. The van der Waals surface area contributed by atoms with Gasteiger partial charge in [-0.3, -0.25) is 4.79 Å². The molecule has 1 saturated carbocycles. The van der Waals surface area contributed by atoms with E-state index in [1.165, 1.54) is 12.8 Å². The SMILES string of the molecule is CC(C)C(=O)OCCC1CC1. The van der Waals surface area contributed by atoms with Crippen molar-refractivity contribution < 1.29 is 9.53 Å². The zero-order valence-corrected chi connectivity index (χ0v) is 7.30. The van der Waals surface area contributed by atoms with Crippen LogP contribution in [0.4, 0.5) is 0 Å². The second-order valence-electron chi connectivity index (χ2n) is 3.55. The average Bonchev–Trinajstić information content (AvgIpc) is 2.71. The second-order valence-corrected chi connectivity index (χ2v) is 3.55. The molecule has 11 heavy (non-hydrogen) atoms. The third kappa shape index (κ3) is 3.40. The Labute approximate surface area is 67.9 Å². The van der Waals surface area contributed by atoms with E-state index < -0.39 is 0 Å². The molecule has 0 aromatic rings. The highest BCUT2D eigenvalue weighted by Crippen LogP contribution is 2.32. The van der Waals surface area contributed by atoms with Gasteiger partial charge in [-0.1, -0.05) is 26.7 Å². The molecule has 1 rings (SSSR count). The molecule has 0 heterocycles. The average molecular weight is 156 g/mol. The monoisotopic (exact) mass is 156 g/mol. The van der Waals surface area contributed by atoms with Crippen molar-refractivity contribution in [3.8, 4) is 0 Å². The van der Waals surface area contributed by atoms with Gasteiger partial charge in [0.1, 0.15) is 0 Å². The summed E-state index contributed by atoms with van der Waals surface area (Å²) in [6, 6.07) is 0. The third-order valence-corrected chi connectivity index (χ3v) is 1.94. The van der Waals surface area contributed by atoms with Crippen LogP contribution in [0.3, 0.4) is 0 Å². The number of carbonyl (C=O) groups is 1. The Hall–Kier alpha value is -0.530. The summed E-state index contributed by atoms with van der Waals surface area (Å²) < 4.78 is 5.02. The lowest BCUT2D eigenvalue weighted by Gasteiger charge is -2.05. The highest BCUT2D eigenvalue weighted by molar-refractivity contribution is 5.71. The Morgan fingerprint density at radius 2 is 2.18 bits per heavy atom. The summed E-state index contributed by atoms with van der Waals surface area (Å²) >= 11 is 0. The first-order valence-corrected chi connectivity index (χ1v) is 4.37. The maximum absolute atomic E-state index is 10.9. The lowest BCUT2D eigenvalue weighted by molar-refractivity contribution is -0.147. The molecule has 2 nitrogen and oxygen atoms in total. The molecule has 0 unspecified atom stereocenters. The van der Waals surface area contributed by atoms with E-state index in [1.54, 1.807) is 0 Å². The van der Waals surface area contributed by atoms with Crippen LogP contribution in [-0.2, 0) is 9.53 Å². The maximum Gasteiger partial charge on any atom is 0.308 e. The van der Waals surface area contributed by atoms with Crippen LogP contribution in [0.25, 0.3) is 0 Å². The molecule has 0 saturated heterocycles. The van der Waals surface area contributed by atoms with Gasteiger partial charge >= 0.3 is 5.97 Å². The number of carbonyl (C=O) groups excluding carboxylic acids is 1. The van der Waals surface area contributed by atoms with Crippen LogP contribution in [0.5, 0.6) is 0 Å². The van der Waals surface area contributed by atoms with Crippen molar-refractivity contribution in [2.24, 2.45) is 11.8 Å². The molecular weight excluding hydrogens is 140 g/mol. The molecule has 2 heteroatoms. The molecule has 0 N–H and O–H groups in total. The first kappa shape index (κ1) is 8.57. The van der Waals surface area contributed by atoms with Gasteiger partial charge in [0.15, 0.2) is 0 Å². The summed E-state index contributed by atoms with van der Waals surface area (Å²) in [5.74, 6) is 0.815. The summed E-state index contributed by atoms with van der Waals surface area (Å²) in [4.78, 5) is 10.9. The largest absolute Gasteiger partial charge is 0.465 e. The highest BCUT2D eigenvalue weighted by Gasteiger charge is 2.21. The van der Waals surface area contributed by atoms with E-state index in [1.807, 2.05) is 13.8 Å². The molecule has 0 amide bonds. The van der Waals surface area contributed by atoms with Gasteiger partial charge in [0.25, 0.3) is 0 Å². The molecule has 0 aromatic carbocycles. The number of hydrogen-bond donors (Lipinski definition) is 0. The van der Waals surface area contributed by atoms with Gasteiger partial charge < -0.3 is 4.74 Å². The van der Waals surface area contributed by atoms with Gasteiger partial charge in [-0.25, -0.2) is 0 Å². The van der Waals surface area contributed by atoms with Crippen LogP contribution >= 0.6 is 0 Å². The van der Waals surface area contributed by atoms with E-state index in [-0.39, 0.29) is 11.9 Å². The van der Waals surface area contributed by atoms with Crippen LogP contribution in [0.2, 0.25) is 0 Å². The van der Waals surface area contributed by atoms with Crippen molar-refractivity contribution in [2.75, 3.05) is 6.61 Å². The van der Waals surface area contributed by atoms with Crippen LogP contribution in [0, 0.1) is 11.8 Å². The van der Waals surface area contributed by atoms with E-state index in [0.717, 1.165) is 12.3 Å². The minimum absolute atomic E-state index is 0.0224. The zero-order valence-electron chi connectivity index (χ0n) is 7.30. The number of ether oxygens (including phenoxy) is 1. The third-order valence-electron chi connectivity index (χ3n) is 1.94. The van der Waals surface area contributed by atoms with Crippen LogP contribution in [0.15, 0.2) is 0 Å². The van der Waals surface area contributed by atoms with Gasteiger partial charge in [0, 0.05) is 0 Å². The van der Waals surface area contributed by atoms with Gasteiger partial charge in [-0.15, -0.1) is 0 Å². The van der Waals surface area contributed by atoms with Crippen LogP contribution in [-0.4, -0.2) is 12.6 Å². The fourth-order valence-corrected chi connectivity index (χ4v) is 0.899. The first-order valence-electron chi connectivity index (χ1n) is 4.37. The Kier molecular flexibility index (Phi) is 2.92. The molecule has 0 atom stereocenters. The maximum atomic E-state index is 10.9. The van der Waals surface area contributed by atoms with Crippen LogP contribution < -0.4 is 0 Å². The number of hydrogen-bond acceptors (Lipinski definition) is 2. The van der Waals surface area contributed by atoms with Gasteiger partial charge in [0.2, 0.25) is 0 Å². The summed E-state index contributed by atoms with van der Waals surface area (Å²) in [5, 5.41) is 0.